The number of rotatable bonds is 7. The molecule has 0 aliphatic carbocycles. The van der Waals surface area contributed by atoms with E-state index in [9.17, 15) is 23.1 Å². The fraction of sp³-hybridized carbons (Fsp3) is 0.0625. The molecule has 0 bridgehead atoms. The fourth-order valence-corrected chi connectivity index (χ4v) is 3.60. The van der Waals surface area contributed by atoms with Gasteiger partial charge in [0, 0.05) is 5.56 Å². The van der Waals surface area contributed by atoms with Crippen LogP contribution in [-0.2, 0) is 10.0 Å². The lowest BCUT2D eigenvalue weighted by Gasteiger charge is -2.07. The molecule has 3 rings (SSSR count). The van der Waals surface area contributed by atoms with E-state index in [1.807, 2.05) is 0 Å². The topological polar surface area (TPSA) is 158 Å². The highest BCUT2D eigenvalue weighted by molar-refractivity contribution is 7.99. The van der Waals surface area contributed by atoms with Crippen molar-refractivity contribution >= 4 is 33.5 Å². The number of carboxylic acids is 1. The van der Waals surface area contributed by atoms with Gasteiger partial charge >= 0.3 is 5.97 Å². The molecular formula is C16H13N5O5S2. The lowest BCUT2D eigenvalue weighted by Crippen LogP contribution is -2.12. The standard InChI is InChI=1S/C16H13N5O5S2/c17-28(25,26)11-7-5-10(6-8-11)14(22)9-27-16-18-19-20-21(16)13-4-2-1-3-12(13)15(23)24/h1-8H,9H2,(H,23,24)(H2,17,25,26). The van der Waals surface area contributed by atoms with Crippen LogP contribution in [0.1, 0.15) is 20.7 Å². The Bertz CT molecular complexity index is 1140. The second-order valence-electron chi connectivity index (χ2n) is 5.48. The molecule has 10 nitrogen and oxygen atoms in total. The van der Waals surface area contributed by atoms with E-state index in [4.69, 9.17) is 5.14 Å². The van der Waals surface area contributed by atoms with Crippen LogP contribution in [0.5, 0.6) is 0 Å². The number of hydrogen-bond donors (Lipinski definition) is 2. The zero-order valence-electron chi connectivity index (χ0n) is 14.1. The molecule has 0 spiro atoms. The predicted molar refractivity (Wildman–Crippen MR) is 99.0 cm³/mol. The zero-order chi connectivity index (χ0) is 20.3. The third-order valence-electron chi connectivity index (χ3n) is 3.64. The number of aromatic nitrogens is 4. The van der Waals surface area contributed by atoms with Crippen molar-refractivity contribution in [1.29, 1.82) is 0 Å². The lowest BCUT2D eigenvalue weighted by molar-refractivity contribution is 0.0696. The number of carbonyl (C=O) groups is 2. The minimum absolute atomic E-state index is 0.0153. The van der Waals surface area contributed by atoms with Crippen LogP contribution in [0.3, 0.4) is 0 Å². The summed E-state index contributed by atoms with van der Waals surface area (Å²) in [5.74, 6) is -1.45. The van der Waals surface area contributed by atoms with Crippen molar-refractivity contribution < 1.29 is 23.1 Å². The Morgan fingerprint density at radius 3 is 2.43 bits per heavy atom. The minimum Gasteiger partial charge on any atom is -0.478 e. The Labute approximate surface area is 163 Å². The van der Waals surface area contributed by atoms with E-state index in [0.717, 1.165) is 11.8 Å². The van der Waals surface area contributed by atoms with Crippen LogP contribution in [-0.4, -0.2) is 51.2 Å². The largest absolute Gasteiger partial charge is 0.478 e. The number of carboxylic acid groups (broad SMARTS) is 1. The van der Waals surface area contributed by atoms with Gasteiger partial charge in [-0.25, -0.2) is 18.4 Å². The summed E-state index contributed by atoms with van der Waals surface area (Å²) >= 11 is 1.02. The first kappa shape index (κ1) is 19.7. The van der Waals surface area contributed by atoms with Crippen LogP contribution in [0.4, 0.5) is 0 Å². The number of nitrogens with two attached hydrogens (primary N) is 1. The van der Waals surface area contributed by atoms with Crippen molar-refractivity contribution in [3.05, 3.63) is 59.7 Å². The number of carbonyl (C=O) groups excluding carboxylic acids is 1. The Morgan fingerprint density at radius 1 is 1.11 bits per heavy atom. The van der Waals surface area contributed by atoms with Gasteiger partial charge in [-0.1, -0.05) is 36.0 Å². The van der Waals surface area contributed by atoms with Gasteiger partial charge in [-0.15, -0.1) is 5.10 Å². The number of thioether (sulfide) groups is 1. The highest BCUT2D eigenvalue weighted by Gasteiger charge is 2.18. The number of benzene rings is 2. The maximum absolute atomic E-state index is 12.4. The molecule has 12 heteroatoms. The first-order valence-corrected chi connectivity index (χ1v) is 10.2. The number of sulfonamides is 1. The molecule has 3 aromatic rings. The molecule has 2 aromatic carbocycles. The molecule has 144 valence electrons. The smallest absolute Gasteiger partial charge is 0.337 e. The molecule has 0 saturated heterocycles. The summed E-state index contributed by atoms with van der Waals surface area (Å²) < 4.78 is 23.8. The average Bonchev–Trinajstić information content (AvgIpc) is 3.14. The van der Waals surface area contributed by atoms with Crippen molar-refractivity contribution in [3.63, 3.8) is 0 Å². The molecule has 0 saturated carbocycles. The monoisotopic (exact) mass is 419 g/mol. The maximum atomic E-state index is 12.4. The Kier molecular flexibility index (Phi) is 5.53. The van der Waals surface area contributed by atoms with Gasteiger partial charge in [0.15, 0.2) is 5.78 Å². The van der Waals surface area contributed by atoms with Crippen LogP contribution in [0, 0.1) is 0 Å². The van der Waals surface area contributed by atoms with E-state index in [0.29, 0.717) is 5.56 Å². The molecular weight excluding hydrogens is 406 g/mol. The number of ketones is 1. The van der Waals surface area contributed by atoms with Gasteiger partial charge in [0.05, 0.1) is 21.9 Å². The van der Waals surface area contributed by atoms with Crippen LogP contribution < -0.4 is 5.14 Å². The second kappa shape index (κ2) is 7.88. The summed E-state index contributed by atoms with van der Waals surface area (Å²) in [6.45, 7) is 0. The van der Waals surface area contributed by atoms with Crippen molar-refractivity contribution in [1.82, 2.24) is 20.2 Å². The van der Waals surface area contributed by atoms with Gasteiger partial charge in [0.2, 0.25) is 15.2 Å². The van der Waals surface area contributed by atoms with E-state index in [1.165, 1.54) is 35.0 Å². The summed E-state index contributed by atoms with van der Waals surface area (Å²) in [5.41, 5.74) is 0.582. The number of primary sulfonamides is 1. The molecule has 0 aliphatic heterocycles. The molecule has 0 atom stereocenters. The number of Topliss-reactive ketones (excluding diaryl/α,β-unsaturated/α-hetero) is 1. The second-order valence-corrected chi connectivity index (χ2v) is 7.98. The molecule has 1 heterocycles. The molecule has 3 N–H and O–H groups in total. The highest BCUT2D eigenvalue weighted by atomic mass is 32.2. The normalized spacial score (nSPS) is 11.3. The SMILES string of the molecule is NS(=O)(=O)c1ccc(C(=O)CSc2nnnn2-c2ccccc2C(=O)O)cc1. The number of aromatic carboxylic acids is 1. The summed E-state index contributed by atoms with van der Waals surface area (Å²) in [6, 6.07) is 11.4. The highest BCUT2D eigenvalue weighted by Crippen LogP contribution is 2.22. The number of nitrogens with zero attached hydrogens (tertiary/aromatic N) is 4. The molecule has 0 amide bonds. The zero-order valence-corrected chi connectivity index (χ0v) is 15.7. The van der Waals surface area contributed by atoms with E-state index in [1.54, 1.807) is 18.2 Å². The van der Waals surface area contributed by atoms with Crippen LogP contribution >= 0.6 is 11.8 Å². The number of tetrazole rings is 1. The Hall–Kier alpha value is -3.09. The predicted octanol–water partition coefficient (Wildman–Crippen LogP) is 0.983. The van der Waals surface area contributed by atoms with Gasteiger partial charge in [-0.2, -0.15) is 4.68 Å². The Balaban J connectivity index is 1.77. The van der Waals surface area contributed by atoms with Gasteiger partial charge in [-0.3, -0.25) is 4.79 Å². The number of para-hydroxylation sites is 1. The lowest BCUT2D eigenvalue weighted by atomic mass is 10.1. The van der Waals surface area contributed by atoms with Gasteiger partial charge < -0.3 is 5.11 Å². The van der Waals surface area contributed by atoms with E-state index >= 15 is 0 Å². The molecule has 28 heavy (non-hydrogen) atoms. The molecule has 1 aromatic heterocycles. The van der Waals surface area contributed by atoms with Crippen molar-refractivity contribution in [2.24, 2.45) is 5.14 Å². The summed E-state index contributed by atoms with van der Waals surface area (Å²) in [4.78, 5) is 23.6. The third-order valence-corrected chi connectivity index (χ3v) is 5.49. The average molecular weight is 419 g/mol. The molecule has 0 radical (unpaired) electrons. The van der Waals surface area contributed by atoms with E-state index < -0.39 is 16.0 Å². The van der Waals surface area contributed by atoms with Gasteiger partial charge in [-0.05, 0) is 34.7 Å². The maximum Gasteiger partial charge on any atom is 0.337 e. The first-order chi connectivity index (χ1) is 13.3. The summed E-state index contributed by atoms with van der Waals surface area (Å²) in [7, 11) is -3.83. The minimum atomic E-state index is -3.83. The third kappa shape index (κ3) is 4.24. The van der Waals surface area contributed by atoms with Crippen LogP contribution in [0.15, 0.2) is 58.6 Å². The van der Waals surface area contributed by atoms with Gasteiger partial charge in [0.1, 0.15) is 0 Å². The number of hydrogen-bond acceptors (Lipinski definition) is 8. The first-order valence-electron chi connectivity index (χ1n) is 7.67. The van der Waals surface area contributed by atoms with Crippen LogP contribution in [0.2, 0.25) is 0 Å². The molecule has 0 unspecified atom stereocenters. The molecule has 0 fully saturated rings. The quantitative estimate of drug-likeness (QED) is 0.420. The van der Waals surface area contributed by atoms with Gasteiger partial charge in [0.25, 0.3) is 0 Å². The summed E-state index contributed by atoms with van der Waals surface area (Å²) in [6.07, 6.45) is 0. The molecule has 0 aliphatic rings. The van der Waals surface area contributed by atoms with Crippen molar-refractivity contribution in [2.75, 3.05) is 5.75 Å². The fourth-order valence-electron chi connectivity index (χ4n) is 2.30. The van der Waals surface area contributed by atoms with Crippen LogP contribution in [0.25, 0.3) is 5.69 Å². The summed E-state index contributed by atoms with van der Waals surface area (Å²) in [5, 5.41) is 25.7. The van der Waals surface area contributed by atoms with Crippen molar-refractivity contribution in [3.8, 4) is 5.69 Å². The van der Waals surface area contributed by atoms with E-state index in [-0.39, 0.29) is 32.8 Å². The Morgan fingerprint density at radius 2 is 1.79 bits per heavy atom. The van der Waals surface area contributed by atoms with Crippen molar-refractivity contribution in [2.45, 2.75) is 10.1 Å². The van der Waals surface area contributed by atoms with E-state index in [2.05, 4.69) is 15.5 Å².